The Hall–Kier alpha value is -1.99. The van der Waals surface area contributed by atoms with E-state index in [1.807, 2.05) is 0 Å². The molecule has 3 nitrogen and oxygen atoms in total. The van der Waals surface area contributed by atoms with Gasteiger partial charge in [0, 0.05) is 6.07 Å². The number of methoxy groups -OCH3 is 1. The lowest BCUT2D eigenvalue weighted by atomic mass is 10.2. The number of rotatable bonds is 1. The highest BCUT2D eigenvalue weighted by Gasteiger charge is 2.10. The van der Waals surface area contributed by atoms with E-state index >= 15 is 0 Å². The van der Waals surface area contributed by atoms with Gasteiger partial charge < -0.3 is 9.15 Å². The molecule has 0 saturated heterocycles. The smallest absolute Gasteiger partial charge is 0.208 e. The van der Waals surface area contributed by atoms with E-state index in [0.717, 1.165) is 0 Å². The monoisotopic (exact) mass is 272 g/mol. The Morgan fingerprint density at radius 1 is 1.26 bits per heavy atom. The van der Waals surface area contributed by atoms with E-state index in [9.17, 15) is 4.79 Å². The molecule has 0 atom stereocenters. The van der Waals surface area contributed by atoms with Crippen LogP contribution in [0.2, 0.25) is 19.6 Å². The van der Waals surface area contributed by atoms with E-state index in [-0.39, 0.29) is 5.43 Å². The van der Waals surface area contributed by atoms with Crippen LogP contribution in [0.25, 0.3) is 11.0 Å². The van der Waals surface area contributed by atoms with Gasteiger partial charge in [0.05, 0.1) is 12.5 Å². The van der Waals surface area contributed by atoms with Gasteiger partial charge in [0.2, 0.25) is 5.43 Å². The van der Waals surface area contributed by atoms with Crippen LogP contribution in [0.5, 0.6) is 5.75 Å². The number of ether oxygens (including phenoxy) is 1. The third kappa shape index (κ3) is 3.07. The Bertz CT molecular complexity index is 727. The second kappa shape index (κ2) is 4.94. The molecule has 98 valence electrons. The second-order valence-corrected chi connectivity index (χ2v) is 10.1. The average Bonchev–Trinajstić information content (AvgIpc) is 2.36. The van der Waals surface area contributed by atoms with Gasteiger partial charge in [-0.15, -0.1) is 5.54 Å². The molecule has 0 bridgehead atoms. The molecule has 4 heteroatoms. The Balaban J connectivity index is 2.58. The minimum Gasteiger partial charge on any atom is -0.497 e. The average molecular weight is 272 g/mol. The summed E-state index contributed by atoms with van der Waals surface area (Å²) >= 11 is 0. The predicted octanol–water partition coefficient (Wildman–Crippen LogP) is 3.03. The third-order valence-corrected chi connectivity index (χ3v) is 3.43. The van der Waals surface area contributed by atoms with Crippen molar-refractivity contribution in [3.8, 4) is 17.2 Å². The molecule has 1 heterocycles. The highest BCUT2D eigenvalue weighted by molar-refractivity contribution is 6.83. The molecule has 1 aromatic carbocycles. The molecule has 0 fully saturated rings. The van der Waals surface area contributed by atoms with Crippen molar-refractivity contribution in [2.75, 3.05) is 7.11 Å². The summed E-state index contributed by atoms with van der Waals surface area (Å²) in [6.07, 6.45) is 1.43. The number of fused-ring (bicyclic) bond motifs is 1. The van der Waals surface area contributed by atoms with E-state index in [1.165, 1.54) is 6.26 Å². The van der Waals surface area contributed by atoms with Crippen LogP contribution in [0.3, 0.4) is 0 Å². The van der Waals surface area contributed by atoms with E-state index in [1.54, 1.807) is 25.3 Å². The number of hydrogen-bond acceptors (Lipinski definition) is 3. The molecular weight excluding hydrogens is 256 g/mol. The van der Waals surface area contributed by atoms with Crippen LogP contribution < -0.4 is 10.2 Å². The molecule has 0 N–H and O–H groups in total. The summed E-state index contributed by atoms with van der Waals surface area (Å²) in [6, 6.07) is 5.15. The molecule has 19 heavy (non-hydrogen) atoms. The molecule has 0 aliphatic heterocycles. The van der Waals surface area contributed by atoms with Gasteiger partial charge in [-0.2, -0.15) is 0 Å². The highest BCUT2D eigenvalue weighted by Crippen LogP contribution is 2.18. The quantitative estimate of drug-likeness (QED) is 0.591. The van der Waals surface area contributed by atoms with Crippen molar-refractivity contribution in [1.82, 2.24) is 0 Å². The highest BCUT2D eigenvalue weighted by atomic mass is 28.3. The van der Waals surface area contributed by atoms with Crippen LogP contribution in [-0.2, 0) is 0 Å². The summed E-state index contributed by atoms with van der Waals surface area (Å²) in [5, 5.41) is 0.531. The second-order valence-electron chi connectivity index (χ2n) is 5.34. The summed E-state index contributed by atoms with van der Waals surface area (Å²) in [6.45, 7) is 6.40. The number of hydrogen-bond donors (Lipinski definition) is 0. The van der Waals surface area contributed by atoms with Crippen LogP contribution in [0.1, 0.15) is 5.56 Å². The Kier molecular flexibility index (Phi) is 3.50. The van der Waals surface area contributed by atoms with E-state index in [2.05, 4.69) is 31.1 Å². The Labute approximate surface area is 113 Å². The SMILES string of the molecule is COc1ccc2c(=O)c(C#C[Si](C)(C)C)coc2c1. The molecule has 0 aliphatic carbocycles. The molecule has 2 aromatic rings. The van der Waals surface area contributed by atoms with Gasteiger partial charge in [0.1, 0.15) is 31.2 Å². The van der Waals surface area contributed by atoms with Gasteiger partial charge in [-0.1, -0.05) is 25.6 Å². The maximum atomic E-state index is 12.3. The zero-order valence-electron chi connectivity index (χ0n) is 11.5. The predicted molar refractivity (Wildman–Crippen MR) is 79.3 cm³/mol. The van der Waals surface area contributed by atoms with E-state index in [4.69, 9.17) is 9.15 Å². The minimum atomic E-state index is -1.51. The zero-order chi connectivity index (χ0) is 14.0. The topological polar surface area (TPSA) is 39.4 Å². The van der Waals surface area contributed by atoms with Crippen molar-refractivity contribution >= 4 is 19.0 Å². The largest absolute Gasteiger partial charge is 0.497 e. The van der Waals surface area contributed by atoms with Crippen molar-refractivity contribution in [2.45, 2.75) is 19.6 Å². The maximum Gasteiger partial charge on any atom is 0.208 e. The summed E-state index contributed by atoms with van der Waals surface area (Å²) in [4.78, 5) is 12.3. The van der Waals surface area contributed by atoms with Gasteiger partial charge in [-0.05, 0) is 12.1 Å². The summed E-state index contributed by atoms with van der Waals surface area (Å²) in [5.74, 6) is 3.61. The summed E-state index contributed by atoms with van der Waals surface area (Å²) in [7, 11) is 0.0696. The fraction of sp³-hybridized carbons (Fsp3) is 0.267. The first kappa shape index (κ1) is 13.4. The van der Waals surface area contributed by atoms with Gasteiger partial charge in [0.25, 0.3) is 0 Å². The molecule has 0 saturated carbocycles. The summed E-state index contributed by atoms with van der Waals surface area (Å²) in [5.41, 5.74) is 4.02. The molecule has 1 aromatic heterocycles. The first-order chi connectivity index (χ1) is 8.90. The van der Waals surface area contributed by atoms with Crippen LogP contribution in [-0.4, -0.2) is 15.2 Å². The van der Waals surface area contributed by atoms with Crippen LogP contribution in [0, 0.1) is 11.5 Å². The van der Waals surface area contributed by atoms with E-state index in [0.29, 0.717) is 22.3 Å². The number of benzene rings is 1. The molecule has 0 spiro atoms. The first-order valence-electron chi connectivity index (χ1n) is 6.03. The van der Waals surface area contributed by atoms with Crippen molar-refractivity contribution < 1.29 is 9.15 Å². The van der Waals surface area contributed by atoms with Gasteiger partial charge in [-0.3, -0.25) is 4.79 Å². The fourth-order valence-electron chi connectivity index (χ4n) is 1.58. The Morgan fingerprint density at radius 2 is 2.00 bits per heavy atom. The zero-order valence-corrected chi connectivity index (χ0v) is 12.5. The maximum absolute atomic E-state index is 12.3. The molecule has 0 amide bonds. The lowest BCUT2D eigenvalue weighted by Gasteiger charge is -2.04. The van der Waals surface area contributed by atoms with Crippen LogP contribution >= 0.6 is 0 Å². The van der Waals surface area contributed by atoms with Crippen molar-refractivity contribution in [1.29, 1.82) is 0 Å². The van der Waals surface area contributed by atoms with Crippen molar-refractivity contribution in [3.05, 3.63) is 40.2 Å². The lowest BCUT2D eigenvalue weighted by molar-refractivity contribution is 0.414. The van der Waals surface area contributed by atoms with Gasteiger partial charge >= 0.3 is 0 Å². The van der Waals surface area contributed by atoms with Crippen molar-refractivity contribution in [3.63, 3.8) is 0 Å². The molecular formula is C15H16O3Si. The van der Waals surface area contributed by atoms with Gasteiger partial charge in [0.15, 0.2) is 0 Å². The van der Waals surface area contributed by atoms with Crippen LogP contribution in [0.15, 0.2) is 33.7 Å². The lowest BCUT2D eigenvalue weighted by Crippen LogP contribution is -2.17. The third-order valence-electron chi connectivity index (χ3n) is 2.55. The molecule has 2 rings (SSSR count). The minimum absolute atomic E-state index is 0.0883. The first-order valence-corrected chi connectivity index (χ1v) is 9.53. The summed E-state index contributed by atoms with van der Waals surface area (Å²) < 4.78 is 10.6. The molecule has 0 unspecified atom stereocenters. The molecule has 0 aliphatic rings. The normalized spacial score (nSPS) is 10.9. The fourth-order valence-corrected chi connectivity index (χ4v) is 2.09. The van der Waals surface area contributed by atoms with Gasteiger partial charge in [-0.25, -0.2) is 0 Å². The van der Waals surface area contributed by atoms with Crippen molar-refractivity contribution in [2.24, 2.45) is 0 Å². The standard InChI is InChI=1S/C15H16O3Si/c1-17-12-5-6-13-14(9-12)18-10-11(15(13)16)7-8-19(2,3)4/h5-6,9-10H,1-4H3. The Morgan fingerprint density at radius 3 is 2.63 bits per heavy atom. The van der Waals surface area contributed by atoms with Crippen LogP contribution in [0.4, 0.5) is 0 Å². The molecule has 0 radical (unpaired) electrons. The van der Waals surface area contributed by atoms with E-state index < -0.39 is 8.07 Å².